The highest BCUT2D eigenvalue weighted by Crippen LogP contribution is 2.24. The van der Waals surface area contributed by atoms with Crippen molar-refractivity contribution in [2.45, 2.75) is 78.9 Å². The minimum Gasteiger partial charge on any atom is -0.466 e. The molecular weight excluding hydrogens is 328 g/mol. The molecule has 0 spiro atoms. The van der Waals surface area contributed by atoms with E-state index >= 15 is 0 Å². The minimum absolute atomic E-state index is 0.0910. The molecule has 0 saturated heterocycles. The molecule has 132 valence electrons. The van der Waals surface area contributed by atoms with Crippen LogP contribution in [0.4, 0.5) is 0 Å². The van der Waals surface area contributed by atoms with Gasteiger partial charge >= 0.3 is 14.5 Å². The molecule has 7 heteroatoms. The maximum atomic E-state index is 11.6. The molecule has 0 aromatic rings. The van der Waals surface area contributed by atoms with Gasteiger partial charge in [-0.3, -0.25) is 4.79 Å². The van der Waals surface area contributed by atoms with E-state index in [0.29, 0.717) is 6.23 Å². The molecule has 0 rings (SSSR count). The average Bonchev–Trinajstić information content (AvgIpc) is 2.30. The van der Waals surface area contributed by atoms with Crippen molar-refractivity contribution in [1.29, 1.82) is 0 Å². The van der Waals surface area contributed by atoms with E-state index in [1.54, 1.807) is 0 Å². The lowest BCUT2D eigenvalue weighted by Crippen LogP contribution is -2.54. The van der Waals surface area contributed by atoms with E-state index < -0.39 is 25.2 Å². The fourth-order valence-corrected chi connectivity index (χ4v) is 16.0. The molecule has 0 saturated carbocycles. The number of ether oxygens (including phenoxy) is 1. The van der Waals surface area contributed by atoms with Crippen LogP contribution < -0.4 is 0 Å². The Morgan fingerprint density at radius 3 is 1.91 bits per heavy atom. The van der Waals surface area contributed by atoms with Crippen LogP contribution in [0.2, 0.25) is 45.3 Å². The van der Waals surface area contributed by atoms with E-state index in [1.165, 1.54) is 18.9 Å². The number of hydrogen-bond acceptors (Lipinski definition) is 4. The Labute approximate surface area is 140 Å². The van der Waals surface area contributed by atoms with Crippen molar-refractivity contribution in [2.75, 3.05) is 6.23 Å². The van der Waals surface area contributed by atoms with Crippen LogP contribution in [-0.2, 0) is 17.8 Å². The van der Waals surface area contributed by atoms with Crippen LogP contribution in [0.1, 0.15) is 33.6 Å². The third-order valence-corrected chi connectivity index (χ3v) is 14.0. The zero-order valence-corrected chi connectivity index (χ0v) is 19.0. The second-order valence-corrected chi connectivity index (χ2v) is 20.2. The van der Waals surface area contributed by atoms with E-state index in [2.05, 4.69) is 46.2 Å². The molecule has 0 aromatic carbocycles. The normalized spacial score (nSPS) is 13.5. The summed E-state index contributed by atoms with van der Waals surface area (Å²) in [4.78, 5) is 11.6. The van der Waals surface area contributed by atoms with Crippen LogP contribution >= 0.6 is 0 Å². The van der Waals surface area contributed by atoms with E-state index in [-0.39, 0.29) is 11.9 Å². The van der Waals surface area contributed by atoms with Crippen LogP contribution in [0.15, 0.2) is 0 Å². The second kappa shape index (κ2) is 8.77. The predicted molar refractivity (Wildman–Crippen MR) is 100 cm³/mol. The van der Waals surface area contributed by atoms with Gasteiger partial charge in [-0.25, -0.2) is 0 Å². The highest BCUT2D eigenvalue weighted by atomic mass is 28.5. The maximum Gasteiger partial charge on any atom is 0.311 e. The molecule has 0 heterocycles. The minimum atomic E-state index is -2.19. The molecule has 0 bridgehead atoms. The molecule has 0 atom stereocenters. The molecule has 22 heavy (non-hydrogen) atoms. The monoisotopic (exact) mass is 364 g/mol. The fourth-order valence-electron chi connectivity index (χ4n) is 2.45. The maximum absolute atomic E-state index is 11.6. The quantitative estimate of drug-likeness (QED) is 0.417. The standard InChI is InChI=1S/C15H36O4Si3/c1-10-11-12-20(4,5)18-22(8,9)19-21(6,7)13-17-15(16)14(2)3/h14H,10-13H2,1-9H3. The van der Waals surface area contributed by atoms with Gasteiger partial charge < -0.3 is 13.0 Å². The second-order valence-electron chi connectivity index (χ2n) is 7.99. The Morgan fingerprint density at radius 1 is 0.955 bits per heavy atom. The summed E-state index contributed by atoms with van der Waals surface area (Å²) in [5.41, 5.74) is 0. The summed E-state index contributed by atoms with van der Waals surface area (Å²) >= 11 is 0. The Bertz CT molecular complexity index is 355. The largest absolute Gasteiger partial charge is 0.466 e. The van der Waals surface area contributed by atoms with Crippen molar-refractivity contribution in [3.63, 3.8) is 0 Å². The van der Waals surface area contributed by atoms with Gasteiger partial charge in [0.1, 0.15) is 6.23 Å². The number of unbranched alkanes of at least 4 members (excludes halogenated alkanes) is 1. The van der Waals surface area contributed by atoms with Gasteiger partial charge in [0, 0.05) is 0 Å². The first-order chi connectivity index (χ1) is 9.80. The third-order valence-electron chi connectivity index (χ3n) is 3.21. The van der Waals surface area contributed by atoms with Gasteiger partial charge in [0.2, 0.25) is 8.32 Å². The summed E-state index contributed by atoms with van der Waals surface area (Å²) < 4.78 is 18.2. The first-order valence-electron chi connectivity index (χ1n) is 8.37. The van der Waals surface area contributed by atoms with Gasteiger partial charge in [0.25, 0.3) is 0 Å². The Balaban J connectivity index is 4.56. The van der Waals surface area contributed by atoms with E-state index in [9.17, 15) is 4.79 Å². The summed E-state index contributed by atoms with van der Waals surface area (Å²) in [7, 11) is -5.92. The molecule has 0 aliphatic heterocycles. The highest BCUT2D eigenvalue weighted by Gasteiger charge is 2.40. The van der Waals surface area contributed by atoms with Gasteiger partial charge in [-0.2, -0.15) is 0 Å². The van der Waals surface area contributed by atoms with Crippen molar-refractivity contribution in [2.24, 2.45) is 5.92 Å². The lowest BCUT2D eigenvalue weighted by molar-refractivity contribution is -0.145. The SMILES string of the molecule is CCCC[Si](C)(C)O[Si](C)(C)O[Si](C)(C)COC(=O)C(C)C. The molecule has 0 aromatic heterocycles. The molecule has 0 fully saturated rings. The van der Waals surface area contributed by atoms with Crippen LogP contribution in [0.25, 0.3) is 0 Å². The summed E-state index contributed by atoms with van der Waals surface area (Å²) in [6.45, 7) is 18.9. The lowest BCUT2D eigenvalue weighted by Gasteiger charge is -2.38. The van der Waals surface area contributed by atoms with Gasteiger partial charge in [-0.1, -0.05) is 33.6 Å². The fraction of sp³-hybridized carbons (Fsp3) is 0.933. The van der Waals surface area contributed by atoms with E-state index in [1.807, 2.05) is 13.8 Å². The van der Waals surface area contributed by atoms with Crippen molar-refractivity contribution in [1.82, 2.24) is 0 Å². The summed E-state index contributed by atoms with van der Waals surface area (Å²) in [6, 6.07) is 1.17. The van der Waals surface area contributed by atoms with Gasteiger partial charge in [0.15, 0.2) is 8.32 Å². The first kappa shape index (κ1) is 22.0. The Morgan fingerprint density at radius 2 is 1.45 bits per heavy atom. The summed E-state index contributed by atoms with van der Waals surface area (Å²) in [5, 5.41) is 0. The topological polar surface area (TPSA) is 44.8 Å². The first-order valence-corrected chi connectivity index (χ1v) is 17.4. The number of esters is 1. The van der Waals surface area contributed by atoms with Gasteiger partial charge in [-0.15, -0.1) is 0 Å². The number of carbonyl (C=O) groups excluding carboxylic acids is 1. The smallest absolute Gasteiger partial charge is 0.311 e. The lowest BCUT2D eigenvalue weighted by atomic mass is 10.2. The van der Waals surface area contributed by atoms with Gasteiger partial charge in [-0.05, 0) is 45.3 Å². The van der Waals surface area contributed by atoms with Crippen LogP contribution in [0.5, 0.6) is 0 Å². The molecule has 0 amide bonds. The number of rotatable bonds is 10. The summed E-state index contributed by atoms with van der Waals surface area (Å²) in [5.74, 6) is -0.242. The van der Waals surface area contributed by atoms with Crippen molar-refractivity contribution in [3.8, 4) is 0 Å². The Hall–Kier alpha value is 0.0406. The van der Waals surface area contributed by atoms with Crippen molar-refractivity contribution >= 4 is 31.2 Å². The molecule has 4 nitrogen and oxygen atoms in total. The van der Waals surface area contributed by atoms with Crippen LogP contribution in [0, 0.1) is 5.92 Å². The highest BCUT2D eigenvalue weighted by molar-refractivity contribution is 6.87. The van der Waals surface area contributed by atoms with Gasteiger partial charge in [0.05, 0.1) is 5.92 Å². The summed E-state index contributed by atoms with van der Waals surface area (Å²) in [6.07, 6.45) is 2.82. The molecule has 0 N–H and O–H groups in total. The number of carbonyl (C=O) groups is 1. The third kappa shape index (κ3) is 9.94. The number of hydrogen-bond donors (Lipinski definition) is 0. The molecular formula is C15H36O4Si3. The average molecular weight is 365 g/mol. The zero-order chi connectivity index (χ0) is 17.6. The molecule has 0 radical (unpaired) electrons. The predicted octanol–water partition coefficient (Wildman–Crippen LogP) is 4.67. The van der Waals surface area contributed by atoms with E-state index in [4.69, 9.17) is 13.0 Å². The van der Waals surface area contributed by atoms with Crippen LogP contribution in [0.3, 0.4) is 0 Å². The van der Waals surface area contributed by atoms with Crippen molar-refractivity contribution in [3.05, 3.63) is 0 Å². The van der Waals surface area contributed by atoms with Crippen molar-refractivity contribution < 1.29 is 17.8 Å². The Kier molecular flexibility index (Phi) is 8.79. The molecule has 0 aliphatic rings. The van der Waals surface area contributed by atoms with E-state index in [0.717, 1.165) is 0 Å². The molecule has 0 unspecified atom stereocenters. The zero-order valence-electron chi connectivity index (χ0n) is 16.0. The van der Waals surface area contributed by atoms with Crippen LogP contribution in [-0.4, -0.2) is 37.4 Å². The molecule has 0 aliphatic carbocycles.